The molecule has 12 rings (SSSR count). The maximum atomic E-state index is 12.6. The fraction of sp³-hybridized carbons (Fsp3) is 0.423. The summed E-state index contributed by atoms with van der Waals surface area (Å²) in [5, 5.41) is 27.0. The first-order valence-electron chi connectivity index (χ1n) is 33.9. The zero-order valence-corrected chi connectivity index (χ0v) is 58.8. The van der Waals surface area contributed by atoms with E-state index in [0.29, 0.717) is 87.4 Å². The molecule has 0 radical (unpaired) electrons. The predicted molar refractivity (Wildman–Crippen MR) is 386 cm³/mol. The molecule has 6 aliphatic rings. The van der Waals surface area contributed by atoms with E-state index >= 15 is 0 Å². The molecule has 6 aromatic rings. The fourth-order valence-electron chi connectivity index (χ4n) is 12.5. The van der Waals surface area contributed by atoms with Crippen molar-refractivity contribution in [1.82, 2.24) is 0 Å². The van der Waals surface area contributed by atoms with Gasteiger partial charge in [-0.15, -0.1) is 0 Å². The molecule has 542 valence electrons. The van der Waals surface area contributed by atoms with Gasteiger partial charge < -0.3 is 68.6 Å². The number of fused-ring (bicyclic) bond motifs is 6. The Morgan fingerprint density at radius 2 is 0.822 bits per heavy atom. The van der Waals surface area contributed by atoms with Crippen LogP contribution in [0.4, 0.5) is 22.7 Å². The zero-order valence-electron chi connectivity index (χ0n) is 58.8. The Labute approximate surface area is 591 Å². The van der Waals surface area contributed by atoms with Crippen LogP contribution in [0.2, 0.25) is 0 Å². The second kappa shape index (κ2) is 39.4. The van der Waals surface area contributed by atoms with Crippen molar-refractivity contribution in [3.63, 3.8) is 0 Å². The summed E-state index contributed by atoms with van der Waals surface area (Å²) in [4.78, 5) is 97.8. The Hall–Kier alpha value is -10.5. The van der Waals surface area contributed by atoms with E-state index < -0.39 is 35.7 Å². The topological polar surface area (TPSA) is 294 Å². The molecular weight excluding hydrogens is 1290 g/mol. The average molecular weight is 1390 g/mol. The second-order valence-electron chi connectivity index (χ2n) is 23.9. The van der Waals surface area contributed by atoms with Crippen molar-refractivity contribution in [2.24, 2.45) is 22.9 Å². The summed E-state index contributed by atoms with van der Waals surface area (Å²) in [6, 6.07) is 34.2. The summed E-state index contributed by atoms with van der Waals surface area (Å²) in [5.41, 5.74) is 12.5. The number of oxime groups is 1. The van der Waals surface area contributed by atoms with Crippen LogP contribution >= 0.6 is 0 Å². The first-order valence-corrected chi connectivity index (χ1v) is 33.9. The molecule has 2 aliphatic carbocycles. The van der Waals surface area contributed by atoms with Crippen LogP contribution in [-0.4, -0.2) is 132 Å². The fourth-order valence-corrected chi connectivity index (χ4v) is 12.5. The molecule has 4 heterocycles. The van der Waals surface area contributed by atoms with E-state index in [0.717, 1.165) is 118 Å². The number of anilines is 4. The predicted octanol–water partition coefficient (Wildman–Crippen LogP) is 12.7. The Morgan fingerprint density at radius 3 is 1.31 bits per heavy atom. The van der Waals surface area contributed by atoms with Crippen molar-refractivity contribution in [1.29, 1.82) is 0 Å². The highest BCUT2D eigenvalue weighted by atomic mass is 16.5. The lowest BCUT2D eigenvalue weighted by molar-refractivity contribution is -0.152. The largest absolute Gasteiger partial charge is 0.497 e. The number of hydrogen-bond donors (Lipinski definition) is 4. The minimum Gasteiger partial charge on any atom is -0.497 e. The molecule has 23 heteroatoms. The third-order valence-electron chi connectivity index (χ3n) is 17.9. The van der Waals surface area contributed by atoms with E-state index in [-0.39, 0.29) is 50.1 Å². The van der Waals surface area contributed by atoms with Crippen LogP contribution in [0, 0.1) is 17.8 Å². The molecule has 4 N–H and O–H groups in total. The number of nitrogens with one attached hydrogen (secondary N) is 2. The summed E-state index contributed by atoms with van der Waals surface area (Å²) in [5.74, 6) is -0.454. The lowest BCUT2D eigenvalue weighted by atomic mass is 9.90. The van der Waals surface area contributed by atoms with Gasteiger partial charge in [0.15, 0.2) is 5.78 Å². The van der Waals surface area contributed by atoms with Gasteiger partial charge in [-0.3, -0.25) is 38.4 Å². The van der Waals surface area contributed by atoms with Crippen LogP contribution in [0.3, 0.4) is 0 Å². The molecule has 3 unspecified atom stereocenters. The second-order valence-corrected chi connectivity index (χ2v) is 23.9. The van der Waals surface area contributed by atoms with Crippen LogP contribution in [0.5, 0.6) is 34.5 Å². The van der Waals surface area contributed by atoms with Gasteiger partial charge in [-0.2, -0.15) is 0 Å². The Kier molecular flexibility index (Phi) is 31.0. The molecule has 0 spiro atoms. The lowest BCUT2D eigenvalue weighted by Gasteiger charge is -2.24. The Morgan fingerprint density at radius 1 is 0.446 bits per heavy atom. The molecule has 23 nitrogen and oxygen atoms in total. The number of aliphatic carboxylic acids is 1. The molecule has 0 aromatic heterocycles. The number of ether oxygens (including phenoxy) is 8. The smallest absolute Gasteiger partial charge is 0.318 e. The van der Waals surface area contributed by atoms with Crippen molar-refractivity contribution in [3.8, 4) is 34.5 Å². The van der Waals surface area contributed by atoms with Crippen molar-refractivity contribution < 1.29 is 86.6 Å². The van der Waals surface area contributed by atoms with E-state index in [1.165, 1.54) is 16.0 Å². The highest BCUT2D eigenvalue weighted by Gasteiger charge is 2.37. The summed E-state index contributed by atoms with van der Waals surface area (Å²) >= 11 is 0. The van der Waals surface area contributed by atoms with Crippen molar-refractivity contribution in [3.05, 3.63) is 154 Å². The van der Waals surface area contributed by atoms with Gasteiger partial charge in [-0.05, 0) is 193 Å². The Bertz CT molecular complexity index is 3900. The van der Waals surface area contributed by atoms with Gasteiger partial charge in [-0.1, -0.05) is 49.0 Å². The van der Waals surface area contributed by atoms with Gasteiger partial charge in [-0.25, -0.2) is 0 Å². The molecule has 0 saturated heterocycles. The molecule has 6 aromatic carbocycles. The van der Waals surface area contributed by atoms with Crippen molar-refractivity contribution >= 4 is 75.8 Å². The molecule has 4 aliphatic heterocycles. The molecule has 4 amide bonds. The van der Waals surface area contributed by atoms with E-state index in [2.05, 4.69) is 15.8 Å². The summed E-state index contributed by atoms with van der Waals surface area (Å²) in [6.07, 6.45) is 11.3. The average Bonchev–Trinajstić information content (AvgIpc) is 1.26. The maximum Gasteiger partial charge on any atom is 0.318 e. The van der Waals surface area contributed by atoms with Crippen LogP contribution in [0.1, 0.15) is 142 Å². The minimum absolute atomic E-state index is 0. The SMILES string of the molecule is C.CCN1C(=O)C(C(=O)O)CCc2ccc(OC)cc21.CCOC(=O)C1CCc2ccc(OC)cc2N(CC)C1=O.CCOC(=O)C1CCc2ccc(OC)cc2NC1=O.COc1ccc2c(c1)/C(=N/O)CCC2.COc1ccc2c(c1)C(=O)CCC2.COc1ccc2c(c1)NC(=O)CCC2. The standard InChI is InChI=1S/C16H21NO4.2C14H17NO4.2C11H13NO2.C11H12O2.CH4/c1-4-17-14-10-12(20-3)8-6-11(14)7-9-13(15(17)18)16(19)21-5-2;1-3-19-14(17)11-7-5-9-4-6-10(18-2)8-12(9)15-13(11)16;1-3-15-12-8-10(19-2)6-4-9(12)5-7-11(13(15)16)14(17)18;1-14-9-6-5-8-3-2-4-11(13)12-10(8)7-9;1-14-9-6-5-8-3-2-4-11(12-13)10(8)7-9;1-13-9-6-5-8-3-2-4-11(12)10(8)7-9;/h6,8,10,13H,4-5,7,9H2,1-3H3;4,6,8,11H,3,5,7H2,1-2H3,(H,15,16);4,6,8,11H,3,5,7H2,1-2H3,(H,17,18);5-7H,2-4H2,1H3,(H,12,13);5-7,13H,2-4H2,1H3;5-7H,2-4H2,1H3;1H4/b;;;;12-11+;;. The van der Waals surface area contributed by atoms with Gasteiger partial charge in [0.1, 0.15) is 52.3 Å². The van der Waals surface area contributed by atoms with Crippen LogP contribution in [0.25, 0.3) is 0 Å². The van der Waals surface area contributed by atoms with Crippen molar-refractivity contribution in [2.75, 3.05) is 89.4 Å². The number of nitrogens with zero attached hydrogens (tertiary/aromatic N) is 3. The lowest BCUT2D eigenvalue weighted by Crippen LogP contribution is -2.39. The summed E-state index contributed by atoms with van der Waals surface area (Å²) < 4.78 is 40.8. The minimum atomic E-state index is -1.05. The quantitative estimate of drug-likeness (QED) is 0.0361. The van der Waals surface area contributed by atoms with Crippen LogP contribution in [-0.2, 0) is 81.6 Å². The number of hydrogen-bond acceptors (Lipinski definition) is 18. The number of carbonyl (C=O) groups is 8. The van der Waals surface area contributed by atoms with E-state index in [1.807, 2.05) is 111 Å². The van der Waals surface area contributed by atoms with E-state index in [9.17, 15) is 38.4 Å². The molecule has 0 bridgehead atoms. The van der Waals surface area contributed by atoms with Gasteiger partial charge in [0.25, 0.3) is 0 Å². The molecular formula is C78H97N5O18. The molecule has 3 atom stereocenters. The van der Waals surface area contributed by atoms with Gasteiger partial charge in [0, 0.05) is 72.7 Å². The number of esters is 2. The number of carboxylic acids is 1. The normalized spacial score (nSPS) is 17.2. The number of ketones is 1. The summed E-state index contributed by atoms with van der Waals surface area (Å²) in [6.45, 7) is 8.74. The van der Waals surface area contributed by atoms with E-state index in [1.54, 1.807) is 73.5 Å². The number of Topliss-reactive ketones (excluding diaryl/α,β-unsaturated/α-hetero) is 1. The van der Waals surface area contributed by atoms with E-state index in [4.69, 9.17) is 48.2 Å². The van der Waals surface area contributed by atoms with Gasteiger partial charge in [0.05, 0.1) is 73.0 Å². The maximum absolute atomic E-state index is 12.6. The first kappa shape index (κ1) is 79.5. The number of carbonyl (C=O) groups excluding carboxylic acids is 7. The third kappa shape index (κ3) is 21.1. The highest BCUT2D eigenvalue weighted by Crippen LogP contribution is 2.36. The number of benzene rings is 6. The first-order chi connectivity index (χ1) is 48.3. The summed E-state index contributed by atoms with van der Waals surface area (Å²) in [7, 11) is 9.62. The van der Waals surface area contributed by atoms with Crippen molar-refractivity contribution in [2.45, 2.75) is 131 Å². The Balaban J connectivity index is 0.000000192. The van der Waals surface area contributed by atoms with Gasteiger partial charge >= 0.3 is 17.9 Å². The molecule has 101 heavy (non-hydrogen) atoms. The number of methoxy groups -OCH3 is 6. The number of rotatable bonds is 13. The highest BCUT2D eigenvalue weighted by molar-refractivity contribution is 6.09. The number of amides is 4. The number of carboxylic acid groups (broad SMARTS) is 1. The zero-order chi connectivity index (χ0) is 72.4. The third-order valence-corrected chi connectivity index (χ3v) is 17.9. The van der Waals surface area contributed by atoms with Crippen LogP contribution < -0.4 is 48.9 Å². The molecule has 0 fully saturated rings. The molecule has 0 saturated carbocycles. The monoisotopic (exact) mass is 1390 g/mol. The number of aryl methyl sites for hydroxylation is 6. The van der Waals surface area contributed by atoms with Gasteiger partial charge in [0.2, 0.25) is 23.6 Å². The van der Waals surface area contributed by atoms with Crippen LogP contribution in [0.15, 0.2) is 114 Å².